The van der Waals surface area contributed by atoms with Gasteiger partial charge in [-0.2, -0.15) is 5.10 Å². The van der Waals surface area contributed by atoms with Gasteiger partial charge in [-0.3, -0.25) is 4.68 Å². The summed E-state index contributed by atoms with van der Waals surface area (Å²) < 4.78 is 3.21. The van der Waals surface area contributed by atoms with Crippen LogP contribution < -0.4 is 5.32 Å². The zero-order valence-corrected chi connectivity index (χ0v) is 9.34. The summed E-state index contributed by atoms with van der Waals surface area (Å²) in [6.45, 7) is 4.26. The average Bonchev–Trinajstić information content (AvgIpc) is 2.49. The molecule has 72 valence electrons. The lowest BCUT2D eigenvalue weighted by Gasteiger charge is -2.23. The number of nitrogens with one attached hydrogen (secondary N) is 1. The molecule has 1 aromatic rings. The molecule has 1 aliphatic heterocycles. The number of hydrogen-bond acceptors (Lipinski definition) is 2. The third-order valence-electron chi connectivity index (χ3n) is 2.52. The third kappa shape index (κ3) is 1.79. The average molecular weight is 244 g/mol. The summed E-state index contributed by atoms with van der Waals surface area (Å²) in [5, 5.41) is 7.76. The number of piperidine rings is 1. The van der Waals surface area contributed by atoms with Gasteiger partial charge >= 0.3 is 0 Å². The minimum Gasteiger partial charge on any atom is -0.315 e. The summed E-state index contributed by atoms with van der Waals surface area (Å²) in [7, 11) is 0. The first-order valence-electron chi connectivity index (χ1n) is 4.69. The molecule has 0 aromatic carbocycles. The van der Waals surface area contributed by atoms with Crippen LogP contribution >= 0.6 is 15.9 Å². The molecule has 0 bridgehead atoms. The minimum absolute atomic E-state index is 0.525. The molecule has 0 amide bonds. The monoisotopic (exact) mass is 243 g/mol. The Morgan fingerprint density at radius 3 is 3.08 bits per heavy atom. The van der Waals surface area contributed by atoms with Crippen LogP contribution in [-0.2, 0) is 0 Å². The second-order valence-electron chi connectivity index (χ2n) is 3.56. The van der Waals surface area contributed by atoms with Crippen molar-refractivity contribution in [1.29, 1.82) is 0 Å². The van der Waals surface area contributed by atoms with E-state index in [0.717, 1.165) is 17.7 Å². The van der Waals surface area contributed by atoms with Gasteiger partial charge in [0.25, 0.3) is 0 Å². The van der Waals surface area contributed by atoms with Gasteiger partial charge in [0.15, 0.2) is 0 Å². The van der Waals surface area contributed by atoms with Gasteiger partial charge in [0.1, 0.15) is 4.60 Å². The Hall–Kier alpha value is -0.350. The van der Waals surface area contributed by atoms with Crippen molar-refractivity contribution < 1.29 is 0 Å². The first-order chi connectivity index (χ1) is 6.29. The molecular formula is C9H14BrN3. The fourth-order valence-corrected chi connectivity index (χ4v) is 2.21. The summed E-state index contributed by atoms with van der Waals surface area (Å²) in [5.41, 5.74) is 1.21. The van der Waals surface area contributed by atoms with Crippen molar-refractivity contribution in [3.63, 3.8) is 0 Å². The number of halogens is 1. The Morgan fingerprint density at radius 1 is 1.69 bits per heavy atom. The van der Waals surface area contributed by atoms with E-state index in [1.54, 1.807) is 0 Å². The van der Waals surface area contributed by atoms with Gasteiger partial charge in [0.05, 0.1) is 12.2 Å². The molecule has 0 saturated carbocycles. The van der Waals surface area contributed by atoms with Gasteiger partial charge in [-0.15, -0.1) is 0 Å². The molecule has 0 spiro atoms. The molecule has 1 N–H and O–H groups in total. The Bertz CT molecular complexity index is 289. The molecule has 13 heavy (non-hydrogen) atoms. The molecular weight excluding hydrogens is 230 g/mol. The number of aryl methyl sites for hydroxylation is 1. The van der Waals surface area contributed by atoms with Crippen molar-refractivity contribution in [2.24, 2.45) is 0 Å². The smallest absolute Gasteiger partial charge is 0.107 e. The van der Waals surface area contributed by atoms with Crippen LogP contribution in [0.4, 0.5) is 0 Å². The lowest BCUT2D eigenvalue weighted by Crippen LogP contribution is -2.32. The largest absolute Gasteiger partial charge is 0.315 e. The van der Waals surface area contributed by atoms with Gasteiger partial charge in [-0.05, 0) is 42.2 Å². The van der Waals surface area contributed by atoms with Gasteiger partial charge in [-0.1, -0.05) is 0 Å². The molecule has 1 aliphatic rings. The molecule has 3 nitrogen and oxygen atoms in total. The highest BCUT2D eigenvalue weighted by molar-refractivity contribution is 9.10. The maximum atomic E-state index is 4.37. The van der Waals surface area contributed by atoms with Crippen LogP contribution in [-0.4, -0.2) is 22.9 Å². The quantitative estimate of drug-likeness (QED) is 0.817. The lowest BCUT2D eigenvalue weighted by molar-refractivity contribution is 0.342. The maximum absolute atomic E-state index is 4.37. The van der Waals surface area contributed by atoms with Crippen molar-refractivity contribution in [2.45, 2.75) is 25.8 Å². The molecule has 1 atom stereocenters. The van der Waals surface area contributed by atoms with E-state index in [2.05, 4.69) is 38.0 Å². The first kappa shape index (κ1) is 9.21. The zero-order chi connectivity index (χ0) is 9.26. The molecule has 2 rings (SSSR count). The summed E-state index contributed by atoms with van der Waals surface area (Å²) in [4.78, 5) is 0. The molecule has 2 heterocycles. The zero-order valence-electron chi connectivity index (χ0n) is 7.76. The molecule has 0 aliphatic carbocycles. The van der Waals surface area contributed by atoms with Crippen LogP contribution in [0.25, 0.3) is 0 Å². The van der Waals surface area contributed by atoms with Crippen molar-refractivity contribution in [3.05, 3.63) is 16.4 Å². The Morgan fingerprint density at radius 2 is 2.54 bits per heavy atom. The second-order valence-corrected chi connectivity index (χ2v) is 4.31. The highest BCUT2D eigenvalue weighted by Gasteiger charge is 2.17. The van der Waals surface area contributed by atoms with E-state index in [1.165, 1.54) is 18.4 Å². The van der Waals surface area contributed by atoms with Gasteiger partial charge in [0.2, 0.25) is 0 Å². The summed E-state index contributed by atoms with van der Waals surface area (Å²) >= 11 is 3.56. The van der Waals surface area contributed by atoms with Crippen LogP contribution in [0.3, 0.4) is 0 Å². The number of rotatable bonds is 1. The SMILES string of the molecule is Cc1cnn(C2CCCNC2)c1Br. The van der Waals surface area contributed by atoms with E-state index < -0.39 is 0 Å². The van der Waals surface area contributed by atoms with Crippen molar-refractivity contribution in [3.8, 4) is 0 Å². The molecule has 1 fully saturated rings. The van der Waals surface area contributed by atoms with E-state index in [4.69, 9.17) is 0 Å². The molecule has 1 aromatic heterocycles. The van der Waals surface area contributed by atoms with Crippen LogP contribution in [0, 0.1) is 6.92 Å². The van der Waals surface area contributed by atoms with E-state index in [1.807, 2.05) is 6.20 Å². The predicted molar refractivity (Wildman–Crippen MR) is 55.8 cm³/mol. The minimum atomic E-state index is 0.525. The predicted octanol–water partition coefficient (Wildman–Crippen LogP) is 1.88. The van der Waals surface area contributed by atoms with Crippen LogP contribution in [0.5, 0.6) is 0 Å². The lowest BCUT2D eigenvalue weighted by atomic mass is 10.1. The molecule has 1 saturated heterocycles. The number of hydrogen-bond donors (Lipinski definition) is 1. The van der Waals surface area contributed by atoms with E-state index in [-0.39, 0.29) is 0 Å². The van der Waals surface area contributed by atoms with Crippen molar-refractivity contribution in [2.75, 3.05) is 13.1 Å². The van der Waals surface area contributed by atoms with E-state index in [9.17, 15) is 0 Å². The van der Waals surface area contributed by atoms with Crippen LogP contribution in [0.2, 0.25) is 0 Å². The number of aromatic nitrogens is 2. The summed E-state index contributed by atoms with van der Waals surface area (Å²) in [6.07, 6.45) is 4.39. The molecule has 1 unspecified atom stereocenters. The van der Waals surface area contributed by atoms with Crippen LogP contribution in [0.15, 0.2) is 10.8 Å². The maximum Gasteiger partial charge on any atom is 0.107 e. The highest BCUT2D eigenvalue weighted by Crippen LogP contribution is 2.23. The molecule has 0 radical (unpaired) electrons. The third-order valence-corrected chi connectivity index (χ3v) is 3.51. The Labute approximate surface area is 86.6 Å². The van der Waals surface area contributed by atoms with Crippen molar-refractivity contribution in [1.82, 2.24) is 15.1 Å². The standard InChI is InChI=1S/C9H14BrN3/c1-7-5-12-13(9(7)10)8-3-2-4-11-6-8/h5,8,11H,2-4,6H2,1H3. The Balaban J connectivity index is 2.18. The summed E-state index contributed by atoms with van der Waals surface area (Å²) in [6, 6.07) is 0.525. The number of nitrogens with zero attached hydrogens (tertiary/aromatic N) is 2. The fourth-order valence-electron chi connectivity index (χ4n) is 1.73. The highest BCUT2D eigenvalue weighted by atomic mass is 79.9. The van der Waals surface area contributed by atoms with Gasteiger partial charge in [0, 0.05) is 12.1 Å². The first-order valence-corrected chi connectivity index (χ1v) is 5.48. The normalized spacial score (nSPS) is 23.4. The summed E-state index contributed by atoms with van der Waals surface area (Å²) in [5.74, 6) is 0. The topological polar surface area (TPSA) is 29.9 Å². The molecule has 4 heteroatoms. The van der Waals surface area contributed by atoms with Gasteiger partial charge in [-0.25, -0.2) is 0 Å². The fraction of sp³-hybridized carbons (Fsp3) is 0.667. The van der Waals surface area contributed by atoms with E-state index >= 15 is 0 Å². The van der Waals surface area contributed by atoms with E-state index in [0.29, 0.717) is 6.04 Å². The van der Waals surface area contributed by atoms with Crippen molar-refractivity contribution >= 4 is 15.9 Å². The van der Waals surface area contributed by atoms with Crippen LogP contribution in [0.1, 0.15) is 24.4 Å². The second kappa shape index (κ2) is 3.80. The Kier molecular flexibility index (Phi) is 2.69. The van der Waals surface area contributed by atoms with Gasteiger partial charge < -0.3 is 5.32 Å².